The van der Waals surface area contributed by atoms with Gasteiger partial charge in [-0.05, 0) is 30.9 Å². The maximum Gasteiger partial charge on any atom is 0.165 e. The largest absolute Gasteiger partial charge is 0.494 e. The molecule has 0 spiro atoms. The van der Waals surface area contributed by atoms with Crippen LogP contribution in [-0.2, 0) is 12.8 Å². The Hall–Kier alpha value is -1.51. The number of hydrogen-bond acceptors (Lipinski definition) is 1. The van der Waals surface area contributed by atoms with Crippen LogP contribution in [0.2, 0.25) is 0 Å². The van der Waals surface area contributed by atoms with E-state index in [0.29, 0.717) is 5.75 Å². The van der Waals surface area contributed by atoms with E-state index in [2.05, 4.69) is 4.98 Å². The van der Waals surface area contributed by atoms with E-state index in [0.717, 1.165) is 23.7 Å². The predicted octanol–water partition coefficient (Wildman–Crippen LogP) is 2.80. The molecule has 2 nitrogen and oxygen atoms in total. The lowest BCUT2D eigenvalue weighted by molar-refractivity contribution is 0.387. The molecule has 15 heavy (non-hydrogen) atoms. The zero-order chi connectivity index (χ0) is 10.4. The zero-order valence-corrected chi connectivity index (χ0v) is 8.56. The van der Waals surface area contributed by atoms with Crippen molar-refractivity contribution in [2.45, 2.75) is 19.3 Å². The van der Waals surface area contributed by atoms with Crippen LogP contribution in [0.3, 0.4) is 0 Å². The van der Waals surface area contributed by atoms with Gasteiger partial charge in [0.25, 0.3) is 0 Å². The van der Waals surface area contributed by atoms with Gasteiger partial charge in [-0.3, -0.25) is 0 Å². The van der Waals surface area contributed by atoms with Crippen LogP contribution in [-0.4, -0.2) is 12.1 Å². The first-order valence-electron chi connectivity index (χ1n) is 5.16. The smallest absolute Gasteiger partial charge is 0.165 e. The second-order valence-electron chi connectivity index (χ2n) is 3.97. The van der Waals surface area contributed by atoms with E-state index in [1.165, 1.54) is 24.8 Å². The molecular weight excluding hydrogens is 193 g/mol. The molecule has 0 atom stereocenters. The van der Waals surface area contributed by atoms with Crippen LogP contribution in [0.1, 0.15) is 17.7 Å². The fourth-order valence-corrected chi connectivity index (χ4v) is 2.40. The van der Waals surface area contributed by atoms with Crippen molar-refractivity contribution in [3.63, 3.8) is 0 Å². The van der Waals surface area contributed by atoms with Gasteiger partial charge >= 0.3 is 0 Å². The number of hydrogen-bond donors (Lipinski definition) is 1. The normalized spacial score (nSPS) is 14.5. The van der Waals surface area contributed by atoms with Crippen molar-refractivity contribution in [3.05, 3.63) is 29.2 Å². The Morgan fingerprint density at radius 2 is 2.20 bits per heavy atom. The van der Waals surface area contributed by atoms with Crippen molar-refractivity contribution < 1.29 is 9.13 Å². The molecule has 1 aliphatic rings. The second-order valence-corrected chi connectivity index (χ2v) is 3.97. The average molecular weight is 205 g/mol. The van der Waals surface area contributed by atoms with Gasteiger partial charge in [0.1, 0.15) is 0 Å². The molecule has 0 unspecified atom stereocenters. The second kappa shape index (κ2) is 2.99. The summed E-state index contributed by atoms with van der Waals surface area (Å²) in [5.74, 6) is 0.0288. The molecule has 78 valence electrons. The third-order valence-corrected chi connectivity index (χ3v) is 3.12. The van der Waals surface area contributed by atoms with E-state index in [4.69, 9.17) is 4.74 Å². The quantitative estimate of drug-likeness (QED) is 0.760. The van der Waals surface area contributed by atoms with Gasteiger partial charge in [-0.1, -0.05) is 0 Å². The summed E-state index contributed by atoms with van der Waals surface area (Å²) in [5, 5.41) is 1.01. The average Bonchev–Trinajstić information content (AvgIpc) is 2.77. The Bertz CT molecular complexity index is 530. The highest BCUT2D eigenvalue weighted by Gasteiger charge is 2.18. The standard InChI is InChI=1S/C12H12FNO/c1-15-12-6-11-8(5-9(12)13)7-3-2-4-10(7)14-11/h5-6,14H,2-4H2,1H3. The summed E-state index contributed by atoms with van der Waals surface area (Å²) in [4.78, 5) is 3.33. The highest BCUT2D eigenvalue weighted by atomic mass is 19.1. The molecule has 0 bridgehead atoms. The van der Waals surface area contributed by atoms with E-state index < -0.39 is 0 Å². The number of H-pyrrole nitrogens is 1. The first-order valence-corrected chi connectivity index (χ1v) is 5.16. The van der Waals surface area contributed by atoms with E-state index in [1.807, 2.05) is 0 Å². The van der Waals surface area contributed by atoms with E-state index in [1.54, 1.807) is 12.1 Å². The summed E-state index contributed by atoms with van der Waals surface area (Å²) in [6, 6.07) is 3.32. The summed E-state index contributed by atoms with van der Waals surface area (Å²) in [6.07, 6.45) is 3.31. The SMILES string of the molecule is COc1cc2[nH]c3c(c2cc1F)CCC3. The lowest BCUT2D eigenvalue weighted by Crippen LogP contribution is -1.88. The Balaban J connectivity index is 2.31. The van der Waals surface area contributed by atoms with Crippen molar-refractivity contribution in [1.82, 2.24) is 4.98 Å². The van der Waals surface area contributed by atoms with Crippen molar-refractivity contribution in [1.29, 1.82) is 0 Å². The molecule has 0 amide bonds. The fraction of sp³-hybridized carbons (Fsp3) is 0.333. The number of aromatic nitrogens is 1. The Labute approximate surface area is 87.1 Å². The molecule has 1 N–H and O–H groups in total. The van der Waals surface area contributed by atoms with Gasteiger partial charge in [-0.15, -0.1) is 0 Å². The maximum absolute atomic E-state index is 13.5. The number of rotatable bonds is 1. The van der Waals surface area contributed by atoms with Crippen LogP contribution in [0.15, 0.2) is 12.1 Å². The fourth-order valence-electron chi connectivity index (χ4n) is 2.40. The molecule has 0 saturated heterocycles. The van der Waals surface area contributed by atoms with Gasteiger partial charge in [-0.2, -0.15) is 0 Å². The molecule has 3 rings (SSSR count). The van der Waals surface area contributed by atoms with Crippen LogP contribution >= 0.6 is 0 Å². The highest BCUT2D eigenvalue weighted by Crippen LogP contribution is 2.33. The summed E-state index contributed by atoms with van der Waals surface area (Å²) < 4.78 is 18.5. The molecule has 2 aromatic rings. The summed E-state index contributed by atoms with van der Waals surface area (Å²) in [6.45, 7) is 0. The van der Waals surface area contributed by atoms with Gasteiger partial charge in [0, 0.05) is 22.7 Å². The number of methoxy groups -OCH3 is 1. The predicted molar refractivity (Wildman–Crippen MR) is 56.8 cm³/mol. The molecule has 1 aromatic carbocycles. The topological polar surface area (TPSA) is 25.0 Å². The number of aryl methyl sites for hydroxylation is 2. The van der Waals surface area contributed by atoms with Crippen molar-refractivity contribution >= 4 is 10.9 Å². The minimum atomic E-state index is -0.279. The first kappa shape index (κ1) is 8.77. The van der Waals surface area contributed by atoms with Crippen LogP contribution in [0.4, 0.5) is 4.39 Å². The van der Waals surface area contributed by atoms with Crippen molar-refractivity contribution in [2.75, 3.05) is 7.11 Å². The number of aromatic amines is 1. The number of fused-ring (bicyclic) bond motifs is 3. The Kier molecular flexibility index (Phi) is 1.75. The van der Waals surface area contributed by atoms with Gasteiger partial charge in [0.2, 0.25) is 0 Å². The van der Waals surface area contributed by atoms with Gasteiger partial charge in [0.05, 0.1) is 7.11 Å². The van der Waals surface area contributed by atoms with Crippen molar-refractivity contribution in [2.24, 2.45) is 0 Å². The van der Waals surface area contributed by atoms with Crippen LogP contribution in [0, 0.1) is 5.82 Å². The molecule has 0 saturated carbocycles. The Morgan fingerprint density at radius 3 is 3.00 bits per heavy atom. The summed E-state index contributed by atoms with van der Waals surface area (Å²) >= 11 is 0. The summed E-state index contributed by atoms with van der Waals surface area (Å²) in [7, 11) is 1.49. The lowest BCUT2D eigenvalue weighted by atomic mass is 10.1. The molecule has 0 aliphatic heterocycles. The molecule has 1 aromatic heterocycles. The maximum atomic E-state index is 13.5. The number of halogens is 1. The molecule has 3 heteroatoms. The third-order valence-electron chi connectivity index (χ3n) is 3.12. The molecular formula is C12H12FNO. The molecule has 1 heterocycles. The zero-order valence-electron chi connectivity index (χ0n) is 8.56. The van der Waals surface area contributed by atoms with E-state index in [-0.39, 0.29) is 5.82 Å². The van der Waals surface area contributed by atoms with Gasteiger partial charge in [-0.25, -0.2) is 4.39 Å². The summed E-state index contributed by atoms with van der Waals surface area (Å²) in [5.41, 5.74) is 3.53. The first-order chi connectivity index (χ1) is 7.29. The lowest BCUT2D eigenvalue weighted by Gasteiger charge is -2.02. The number of benzene rings is 1. The third kappa shape index (κ3) is 1.16. The number of nitrogens with one attached hydrogen (secondary N) is 1. The van der Waals surface area contributed by atoms with E-state index >= 15 is 0 Å². The minimum Gasteiger partial charge on any atom is -0.494 e. The van der Waals surface area contributed by atoms with Crippen LogP contribution < -0.4 is 4.74 Å². The molecule has 0 fully saturated rings. The molecule has 1 aliphatic carbocycles. The van der Waals surface area contributed by atoms with Gasteiger partial charge < -0.3 is 9.72 Å². The van der Waals surface area contributed by atoms with Crippen LogP contribution in [0.5, 0.6) is 5.75 Å². The van der Waals surface area contributed by atoms with Crippen molar-refractivity contribution in [3.8, 4) is 5.75 Å². The minimum absolute atomic E-state index is 0.279. The Morgan fingerprint density at radius 1 is 1.33 bits per heavy atom. The van der Waals surface area contributed by atoms with E-state index in [9.17, 15) is 4.39 Å². The monoisotopic (exact) mass is 205 g/mol. The van der Waals surface area contributed by atoms with Gasteiger partial charge in [0.15, 0.2) is 11.6 Å². The molecule has 0 radical (unpaired) electrons. The highest BCUT2D eigenvalue weighted by molar-refractivity contribution is 5.86. The van der Waals surface area contributed by atoms with Crippen LogP contribution in [0.25, 0.3) is 10.9 Å². The number of ether oxygens (including phenoxy) is 1.